The number of hydrogen-bond acceptors (Lipinski definition) is 4. The Hall–Kier alpha value is -1.75. The lowest BCUT2D eigenvalue weighted by Crippen LogP contribution is -2.36. The predicted molar refractivity (Wildman–Crippen MR) is 68.2 cm³/mol. The van der Waals surface area contributed by atoms with Crippen molar-refractivity contribution in [1.29, 1.82) is 0 Å². The average Bonchev–Trinajstić information content (AvgIpc) is 2.99. The summed E-state index contributed by atoms with van der Waals surface area (Å²) in [4.78, 5) is 0. The second-order valence-corrected chi connectivity index (χ2v) is 5.06. The molecule has 0 aliphatic heterocycles. The SMILES string of the molecule is Cc1ccccc1-n1nnnc1C1(N)CCCC1. The number of rotatable bonds is 2. The molecule has 0 radical (unpaired) electrons. The fourth-order valence-corrected chi connectivity index (χ4v) is 2.69. The van der Waals surface area contributed by atoms with Crippen molar-refractivity contribution in [2.24, 2.45) is 5.73 Å². The first-order valence-corrected chi connectivity index (χ1v) is 6.34. The van der Waals surface area contributed by atoms with E-state index in [-0.39, 0.29) is 5.54 Å². The van der Waals surface area contributed by atoms with Crippen LogP contribution in [-0.4, -0.2) is 20.2 Å². The van der Waals surface area contributed by atoms with Crippen LogP contribution in [0.15, 0.2) is 24.3 Å². The van der Waals surface area contributed by atoms with Crippen molar-refractivity contribution in [1.82, 2.24) is 20.2 Å². The van der Waals surface area contributed by atoms with Gasteiger partial charge in [-0.15, -0.1) is 5.10 Å². The monoisotopic (exact) mass is 243 g/mol. The number of aromatic nitrogens is 4. The van der Waals surface area contributed by atoms with Crippen molar-refractivity contribution in [3.63, 3.8) is 0 Å². The number of benzene rings is 1. The molecule has 1 aliphatic carbocycles. The van der Waals surface area contributed by atoms with Crippen molar-refractivity contribution in [2.75, 3.05) is 0 Å². The lowest BCUT2D eigenvalue weighted by Gasteiger charge is -2.22. The van der Waals surface area contributed by atoms with E-state index >= 15 is 0 Å². The summed E-state index contributed by atoms with van der Waals surface area (Å²) in [5, 5.41) is 12.1. The Kier molecular flexibility index (Phi) is 2.63. The van der Waals surface area contributed by atoms with Crippen molar-refractivity contribution in [3.05, 3.63) is 35.7 Å². The van der Waals surface area contributed by atoms with Gasteiger partial charge in [0.25, 0.3) is 0 Å². The van der Waals surface area contributed by atoms with Gasteiger partial charge in [0.1, 0.15) is 0 Å². The number of para-hydroxylation sites is 1. The van der Waals surface area contributed by atoms with Crippen LogP contribution in [0.1, 0.15) is 37.1 Å². The smallest absolute Gasteiger partial charge is 0.176 e. The Labute approximate surface area is 106 Å². The minimum atomic E-state index is -0.369. The van der Waals surface area contributed by atoms with E-state index in [1.165, 1.54) is 0 Å². The van der Waals surface area contributed by atoms with Gasteiger partial charge in [0.2, 0.25) is 0 Å². The van der Waals surface area contributed by atoms with Crippen molar-refractivity contribution < 1.29 is 0 Å². The Morgan fingerprint density at radius 2 is 1.94 bits per heavy atom. The van der Waals surface area contributed by atoms with Crippen LogP contribution in [0.5, 0.6) is 0 Å². The number of hydrogen-bond donors (Lipinski definition) is 1. The Morgan fingerprint density at radius 1 is 1.22 bits per heavy atom. The van der Waals surface area contributed by atoms with Crippen LogP contribution >= 0.6 is 0 Å². The number of tetrazole rings is 1. The van der Waals surface area contributed by atoms with Crippen LogP contribution in [0.2, 0.25) is 0 Å². The molecular weight excluding hydrogens is 226 g/mol. The largest absolute Gasteiger partial charge is 0.319 e. The van der Waals surface area contributed by atoms with Gasteiger partial charge in [-0.1, -0.05) is 31.0 Å². The van der Waals surface area contributed by atoms with Gasteiger partial charge in [-0.05, 0) is 41.8 Å². The molecule has 1 aliphatic rings. The number of aryl methyl sites for hydroxylation is 1. The minimum Gasteiger partial charge on any atom is -0.319 e. The molecule has 1 saturated carbocycles. The predicted octanol–water partition coefficient (Wildman–Crippen LogP) is 1.70. The zero-order valence-corrected chi connectivity index (χ0v) is 10.5. The molecule has 2 aromatic rings. The third-order valence-electron chi connectivity index (χ3n) is 3.75. The van der Waals surface area contributed by atoms with Crippen molar-refractivity contribution >= 4 is 0 Å². The lowest BCUT2D eigenvalue weighted by atomic mass is 9.98. The standard InChI is InChI=1S/C13H17N5/c1-10-6-2-3-7-11(10)18-12(15-16-17-18)13(14)8-4-5-9-13/h2-3,6-7H,4-5,8-9,14H2,1H3. The highest BCUT2D eigenvalue weighted by Gasteiger charge is 2.36. The summed E-state index contributed by atoms with van der Waals surface area (Å²) in [5.74, 6) is 0.786. The normalized spacial score (nSPS) is 18.1. The van der Waals surface area contributed by atoms with E-state index in [1.807, 2.05) is 18.2 Å². The van der Waals surface area contributed by atoms with E-state index in [2.05, 4.69) is 28.5 Å². The molecule has 1 fully saturated rings. The van der Waals surface area contributed by atoms with Gasteiger partial charge < -0.3 is 5.73 Å². The third kappa shape index (κ3) is 1.71. The van der Waals surface area contributed by atoms with E-state index in [9.17, 15) is 0 Å². The molecule has 0 atom stereocenters. The van der Waals surface area contributed by atoms with Crippen LogP contribution < -0.4 is 5.73 Å². The highest BCUT2D eigenvalue weighted by molar-refractivity contribution is 5.40. The van der Waals surface area contributed by atoms with Crippen LogP contribution in [0.3, 0.4) is 0 Å². The average molecular weight is 243 g/mol. The molecule has 1 heterocycles. The van der Waals surface area contributed by atoms with Gasteiger partial charge in [-0.3, -0.25) is 0 Å². The highest BCUT2D eigenvalue weighted by atomic mass is 15.5. The molecular formula is C13H17N5. The Balaban J connectivity index is 2.10. The van der Waals surface area contributed by atoms with E-state index in [0.717, 1.165) is 42.8 Å². The summed E-state index contributed by atoms with van der Waals surface area (Å²) in [5.41, 5.74) is 8.23. The summed E-state index contributed by atoms with van der Waals surface area (Å²) in [6.07, 6.45) is 4.22. The van der Waals surface area contributed by atoms with Crippen LogP contribution in [0.25, 0.3) is 5.69 Å². The van der Waals surface area contributed by atoms with E-state index in [0.29, 0.717) is 0 Å². The van der Waals surface area contributed by atoms with Crippen LogP contribution in [-0.2, 0) is 5.54 Å². The van der Waals surface area contributed by atoms with Gasteiger partial charge in [-0.2, -0.15) is 4.68 Å². The molecule has 0 amide bonds. The van der Waals surface area contributed by atoms with Crippen LogP contribution in [0, 0.1) is 6.92 Å². The van der Waals surface area contributed by atoms with Crippen molar-refractivity contribution in [2.45, 2.75) is 38.1 Å². The zero-order chi connectivity index (χ0) is 12.6. The molecule has 1 aromatic heterocycles. The quantitative estimate of drug-likeness (QED) is 0.871. The third-order valence-corrected chi connectivity index (χ3v) is 3.75. The fourth-order valence-electron chi connectivity index (χ4n) is 2.69. The first-order chi connectivity index (χ1) is 8.71. The first kappa shape index (κ1) is 11.3. The molecule has 0 bridgehead atoms. The van der Waals surface area contributed by atoms with Gasteiger partial charge in [0.05, 0.1) is 11.2 Å². The summed E-state index contributed by atoms with van der Waals surface area (Å²) in [6.45, 7) is 2.05. The molecule has 18 heavy (non-hydrogen) atoms. The number of nitrogens with zero attached hydrogens (tertiary/aromatic N) is 4. The summed E-state index contributed by atoms with van der Waals surface area (Å²) in [7, 11) is 0. The molecule has 0 saturated heterocycles. The summed E-state index contributed by atoms with van der Waals surface area (Å²) >= 11 is 0. The van der Waals surface area contributed by atoms with Gasteiger partial charge in [0, 0.05) is 0 Å². The second-order valence-electron chi connectivity index (χ2n) is 5.06. The summed E-state index contributed by atoms with van der Waals surface area (Å²) < 4.78 is 1.79. The van der Waals surface area contributed by atoms with Crippen LogP contribution in [0.4, 0.5) is 0 Å². The zero-order valence-electron chi connectivity index (χ0n) is 10.5. The maximum absolute atomic E-state index is 6.45. The van der Waals surface area contributed by atoms with Gasteiger partial charge >= 0.3 is 0 Å². The topological polar surface area (TPSA) is 69.6 Å². The molecule has 0 unspecified atom stereocenters. The Bertz CT molecular complexity index is 554. The minimum absolute atomic E-state index is 0.369. The molecule has 94 valence electrons. The van der Waals surface area contributed by atoms with E-state index in [1.54, 1.807) is 4.68 Å². The van der Waals surface area contributed by atoms with E-state index in [4.69, 9.17) is 5.73 Å². The molecule has 3 rings (SSSR count). The molecule has 1 aromatic carbocycles. The first-order valence-electron chi connectivity index (χ1n) is 6.34. The maximum Gasteiger partial charge on any atom is 0.176 e. The van der Waals surface area contributed by atoms with Gasteiger partial charge in [-0.25, -0.2) is 0 Å². The van der Waals surface area contributed by atoms with Gasteiger partial charge in [0.15, 0.2) is 5.82 Å². The molecule has 2 N–H and O–H groups in total. The van der Waals surface area contributed by atoms with E-state index < -0.39 is 0 Å². The van der Waals surface area contributed by atoms with Crippen molar-refractivity contribution in [3.8, 4) is 5.69 Å². The second kappa shape index (κ2) is 4.17. The lowest BCUT2D eigenvalue weighted by molar-refractivity contribution is 0.420. The molecule has 5 heteroatoms. The highest BCUT2D eigenvalue weighted by Crippen LogP contribution is 2.35. The summed E-state index contributed by atoms with van der Waals surface area (Å²) in [6, 6.07) is 8.08. The Morgan fingerprint density at radius 3 is 2.67 bits per heavy atom. The maximum atomic E-state index is 6.45. The fraction of sp³-hybridized carbons (Fsp3) is 0.462. The number of nitrogens with two attached hydrogens (primary N) is 1. The molecule has 5 nitrogen and oxygen atoms in total. The molecule has 0 spiro atoms.